The number of carbonyl (C=O) groups excluding carboxylic acids is 4. The molecular formula is C17H21N3O5. The molecule has 2 atom stereocenters. The summed E-state index contributed by atoms with van der Waals surface area (Å²) in [6.07, 6.45) is -0.0306. The highest BCUT2D eigenvalue weighted by atomic mass is 16.5. The van der Waals surface area contributed by atoms with Crippen molar-refractivity contribution in [1.29, 1.82) is 0 Å². The van der Waals surface area contributed by atoms with E-state index in [1.54, 1.807) is 12.1 Å². The number of nitrogens with one attached hydrogen (secondary N) is 3. The standard InChI is InChI=1S/C17H21N3O5/c1-3-11-4-6-12(7-5-11)18-15(22)10(2)25-14(21)9-8-13-16(23)20-17(24)19-13/h4-7,10,13H,3,8-9H2,1-2H3,(H,18,22)(H2,19,20,23,24)/t10-,13+/m0/s1. The molecule has 0 bridgehead atoms. The molecule has 1 fully saturated rings. The molecule has 1 heterocycles. The molecule has 25 heavy (non-hydrogen) atoms. The second-order valence-corrected chi connectivity index (χ2v) is 5.73. The zero-order chi connectivity index (χ0) is 18.4. The number of anilines is 1. The molecule has 3 N–H and O–H groups in total. The van der Waals surface area contributed by atoms with Gasteiger partial charge in [0.1, 0.15) is 6.04 Å². The van der Waals surface area contributed by atoms with Crippen molar-refractivity contribution in [1.82, 2.24) is 10.6 Å². The smallest absolute Gasteiger partial charge is 0.322 e. The van der Waals surface area contributed by atoms with Crippen LogP contribution in [-0.4, -0.2) is 36.0 Å². The molecule has 134 valence electrons. The molecule has 8 heteroatoms. The van der Waals surface area contributed by atoms with Gasteiger partial charge in [-0.15, -0.1) is 0 Å². The average molecular weight is 347 g/mol. The Bertz CT molecular complexity index is 671. The lowest BCUT2D eigenvalue weighted by Gasteiger charge is -2.14. The SMILES string of the molecule is CCc1ccc(NC(=O)[C@H](C)OC(=O)CC[C@H]2NC(=O)NC2=O)cc1. The molecule has 1 saturated heterocycles. The topological polar surface area (TPSA) is 114 Å². The summed E-state index contributed by atoms with van der Waals surface area (Å²) in [5.41, 5.74) is 1.77. The second kappa shape index (κ2) is 8.27. The number of amides is 4. The van der Waals surface area contributed by atoms with Crippen LogP contribution in [0.5, 0.6) is 0 Å². The minimum Gasteiger partial charge on any atom is -0.453 e. The lowest BCUT2D eigenvalue weighted by Crippen LogP contribution is -2.32. The lowest BCUT2D eigenvalue weighted by atomic mass is 10.1. The van der Waals surface area contributed by atoms with Gasteiger partial charge in [-0.3, -0.25) is 19.7 Å². The zero-order valence-corrected chi connectivity index (χ0v) is 14.1. The summed E-state index contributed by atoms with van der Waals surface area (Å²) in [6, 6.07) is 6.06. The van der Waals surface area contributed by atoms with E-state index in [1.165, 1.54) is 6.92 Å². The monoisotopic (exact) mass is 347 g/mol. The molecule has 0 radical (unpaired) electrons. The van der Waals surface area contributed by atoms with Crippen molar-refractivity contribution in [2.45, 2.75) is 45.3 Å². The molecule has 1 aliphatic heterocycles. The van der Waals surface area contributed by atoms with Gasteiger partial charge in [-0.25, -0.2) is 4.79 Å². The van der Waals surface area contributed by atoms with Gasteiger partial charge in [0.2, 0.25) is 0 Å². The lowest BCUT2D eigenvalue weighted by molar-refractivity contribution is -0.153. The predicted octanol–water partition coefficient (Wildman–Crippen LogP) is 1.11. The number of imide groups is 1. The number of ether oxygens (including phenoxy) is 1. The van der Waals surface area contributed by atoms with Gasteiger partial charge >= 0.3 is 12.0 Å². The van der Waals surface area contributed by atoms with Crippen molar-refractivity contribution in [3.63, 3.8) is 0 Å². The zero-order valence-electron chi connectivity index (χ0n) is 14.1. The van der Waals surface area contributed by atoms with E-state index >= 15 is 0 Å². The fourth-order valence-corrected chi connectivity index (χ4v) is 2.30. The molecule has 1 aromatic rings. The van der Waals surface area contributed by atoms with Crippen molar-refractivity contribution >= 4 is 29.5 Å². The van der Waals surface area contributed by atoms with E-state index in [1.807, 2.05) is 19.1 Å². The summed E-state index contributed by atoms with van der Waals surface area (Å²) in [4.78, 5) is 46.2. The van der Waals surface area contributed by atoms with E-state index in [2.05, 4.69) is 16.0 Å². The Hall–Kier alpha value is -2.90. The molecule has 1 aromatic carbocycles. The van der Waals surface area contributed by atoms with Crippen molar-refractivity contribution in [3.05, 3.63) is 29.8 Å². The van der Waals surface area contributed by atoms with Crippen LogP contribution in [0.3, 0.4) is 0 Å². The molecule has 0 aromatic heterocycles. The summed E-state index contributed by atoms with van der Waals surface area (Å²) in [6.45, 7) is 3.51. The molecule has 2 rings (SSSR count). The maximum absolute atomic E-state index is 12.0. The van der Waals surface area contributed by atoms with Gasteiger partial charge in [-0.2, -0.15) is 0 Å². The number of hydrogen-bond donors (Lipinski definition) is 3. The van der Waals surface area contributed by atoms with E-state index in [-0.39, 0.29) is 12.8 Å². The van der Waals surface area contributed by atoms with E-state index in [0.717, 1.165) is 12.0 Å². The van der Waals surface area contributed by atoms with Crippen molar-refractivity contribution in [2.75, 3.05) is 5.32 Å². The van der Waals surface area contributed by atoms with Crippen molar-refractivity contribution in [3.8, 4) is 0 Å². The van der Waals surface area contributed by atoms with Gasteiger partial charge in [0, 0.05) is 12.1 Å². The maximum Gasteiger partial charge on any atom is 0.322 e. The minimum absolute atomic E-state index is 0.0822. The normalized spacial score (nSPS) is 17.4. The van der Waals surface area contributed by atoms with Crippen LogP contribution in [0.4, 0.5) is 10.5 Å². The van der Waals surface area contributed by atoms with Crippen LogP contribution >= 0.6 is 0 Å². The number of hydrogen-bond acceptors (Lipinski definition) is 5. The highest BCUT2D eigenvalue weighted by molar-refractivity contribution is 6.04. The maximum atomic E-state index is 12.0. The van der Waals surface area contributed by atoms with Crippen LogP contribution in [0.25, 0.3) is 0 Å². The third-order valence-corrected chi connectivity index (χ3v) is 3.80. The highest BCUT2D eigenvalue weighted by Gasteiger charge is 2.30. The van der Waals surface area contributed by atoms with Gasteiger partial charge in [0.05, 0.1) is 0 Å². The third-order valence-electron chi connectivity index (χ3n) is 3.80. The number of aryl methyl sites for hydroxylation is 1. The number of benzene rings is 1. The first-order valence-corrected chi connectivity index (χ1v) is 8.09. The van der Waals surface area contributed by atoms with Crippen LogP contribution in [0.2, 0.25) is 0 Å². The number of rotatable bonds is 7. The van der Waals surface area contributed by atoms with Gasteiger partial charge in [-0.1, -0.05) is 19.1 Å². The minimum atomic E-state index is -0.967. The molecule has 8 nitrogen and oxygen atoms in total. The first-order valence-electron chi connectivity index (χ1n) is 8.09. The van der Waals surface area contributed by atoms with Gasteiger partial charge < -0.3 is 15.4 Å². The van der Waals surface area contributed by atoms with E-state index in [9.17, 15) is 19.2 Å². The van der Waals surface area contributed by atoms with E-state index in [0.29, 0.717) is 5.69 Å². The highest BCUT2D eigenvalue weighted by Crippen LogP contribution is 2.11. The Morgan fingerprint density at radius 2 is 1.92 bits per heavy atom. The third kappa shape index (κ3) is 5.30. The molecular weight excluding hydrogens is 326 g/mol. The molecule has 0 spiro atoms. The van der Waals surface area contributed by atoms with Crippen molar-refractivity contribution in [2.24, 2.45) is 0 Å². The largest absolute Gasteiger partial charge is 0.453 e. The van der Waals surface area contributed by atoms with Crippen LogP contribution in [0, 0.1) is 0 Å². The number of carbonyl (C=O) groups is 4. The van der Waals surface area contributed by atoms with Gasteiger partial charge in [0.25, 0.3) is 11.8 Å². The van der Waals surface area contributed by atoms with E-state index in [4.69, 9.17) is 4.74 Å². The number of esters is 1. The molecule has 0 aliphatic carbocycles. The molecule has 0 saturated carbocycles. The van der Waals surface area contributed by atoms with Gasteiger partial charge in [0.15, 0.2) is 6.10 Å². The summed E-state index contributed by atoms with van der Waals surface area (Å²) in [5, 5.41) is 7.14. The molecule has 0 unspecified atom stereocenters. The Morgan fingerprint density at radius 1 is 1.24 bits per heavy atom. The number of urea groups is 1. The first-order chi connectivity index (χ1) is 11.9. The van der Waals surface area contributed by atoms with Crippen molar-refractivity contribution < 1.29 is 23.9 Å². The summed E-state index contributed by atoms with van der Waals surface area (Å²) in [5.74, 6) is -1.53. The van der Waals surface area contributed by atoms with Crippen LogP contribution in [0.15, 0.2) is 24.3 Å². The summed E-state index contributed by atoms with van der Waals surface area (Å²) >= 11 is 0. The Morgan fingerprint density at radius 3 is 2.48 bits per heavy atom. The average Bonchev–Trinajstić information content (AvgIpc) is 2.91. The quantitative estimate of drug-likeness (QED) is 0.505. The second-order valence-electron chi connectivity index (χ2n) is 5.73. The summed E-state index contributed by atoms with van der Waals surface area (Å²) < 4.78 is 5.06. The molecule has 4 amide bonds. The summed E-state index contributed by atoms with van der Waals surface area (Å²) in [7, 11) is 0. The fraction of sp³-hybridized carbons (Fsp3) is 0.412. The van der Waals surface area contributed by atoms with Crippen LogP contribution in [-0.2, 0) is 25.5 Å². The van der Waals surface area contributed by atoms with Gasteiger partial charge in [-0.05, 0) is 37.5 Å². The molecule has 1 aliphatic rings. The Balaban J connectivity index is 1.76. The predicted molar refractivity (Wildman–Crippen MR) is 89.7 cm³/mol. The Kier molecular flexibility index (Phi) is 6.10. The Labute approximate surface area is 145 Å². The fourth-order valence-electron chi connectivity index (χ4n) is 2.30. The first kappa shape index (κ1) is 18.4. The van der Waals surface area contributed by atoms with E-state index < -0.39 is 36.0 Å². The van der Waals surface area contributed by atoms with Crippen LogP contribution < -0.4 is 16.0 Å². The van der Waals surface area contributed by atoms with Crippen LogP contribution in [0.1, 0.15) is 32.3 Å².